The summed E-state index contributed by atoms with van der Waals surface area (Å²) in [5.41, 5.74) is 10.9. The second-order valence-corrected chi connectivity index (χ2v) is 6.38. The Bertz CT molecular complexity index is 1370. The summed E-state index contributed by atoms with van der Waals surface area (Å²) < 4.78 is 5.94. The fourth-order valence-electron chi connectivity index (χ4n) is 3.01. The molecule has 4 N–H and O–H groups in total. The van der Waals surface area contributed by atoms with Crippen LogP contribution in [0.4, 0.5) is 5.82 Å². The van der Waals surface area contributed by atoms with Crippen molar-refractivity contribution in [2.45, 2.75) is 0 Å². The van der Waals surface area contributed by atoms with Crippen molar-refractivity contribution in [3.05, 3.63) is 66.1 Å². The largest absolute Gasteiger partial charge is 0.378 e. The van der Waals surface area contributed by atoms with Crippen LogP contribution in [0.1, 0.15) is 16.3 Å². The summed E-state index contributed by atoms with van der Waals surface area (Å²) in [6.45, 7) is 0. The first-order valence-electron chi connectivity index (χ1n) is 9.08. The third-order valence-corrected chi connectivity index (χ3v) is 4.39. The Balaban J connectivity index is 1.46. The van der Waals surface area contributed by atoms with Crippen molar-refractivity contribution >= 4 is 29.0 Å². The number of nitrogens with one attached hydrogen (secondary N) is 2. The van der Waals surface area contributed by atoms with Crippen molar-refractivity contribution in [1.29, 1.82) is 0 Å². The molecule has 1 amide bonds. The average molecular weight is 414 g/mol. The van der Waals surface area contributed by atoms with Gasteiger partial charge < -0.3 is 10.7 Å². The van der Waals surface area contributed by atoms with E-state index in [-0.39, 0.29) is 17.3 Å². The third kappa shape index (κ3) is 3.37. The number of rotatable bonds is 5. The summed E-state index contributed by atoms with van der Waals surface area (Å²) in [5, 5.41) is 19.3. The molecule has 152 valence electrons. The molecule has 12 nitrogen and oxygen atoms in total. The summed E-state index contributed by atoms with van der Waals surface area (Å²) >= 11 is 0. The standard InChI is InChI=1S/C19H14N10O2/c20-17-18(27-31-26-17)29-16(11-6-2-1-3-7-11)15(24-28-29)19(30)25-21-10-14-22-12-8-4-5-9-13(12)23-14/h1-10H,(H2,20,26)(H,22,23)(H,25,30)/b21-10+. The molecule has 0 bridgehead atoms. The molecule has 0 spiro atoms. The lowest BCUT2D eigenvalue weighted by atomic mass is 10.1. The zero-order valence-electron chi connectivity index (χ0n) is 15.8. The molecule has 0 radical (unpaired) electrons. The van der Waals surface area contributed by atoms with Gasteiger partial charge >= 0.3 is 0 Å². The molecule has 0 saturated heterocycles. The van der Waals surface area contributed by atoms with Crippen molar-refractivity contribution in [2.75, 3.05) is 5.73 Å². The second kappa shape index (κ2) is 7.51. The molecule has 5 rings (SSSR count). The van der Waals surface area contributed by atoms with E-state index in [2.05, 4.69) is 45.7 Å². The average Bonchev–Trinajstić information content (AvgIpc) is 3.51. The number of nitrogen functional groups attached to an aromatic ring is 1. The Morgan fingerprint density at radius 3 is 2.71 bits per heavy atom. The van der Waals surface area contributed by atoms with Crippen LogP contribution < -0.4 is 11.2 Å². The van der Waals surface area contributed by atoms with Crippen LogP contribution in [0, 0.1) is 0 Å². The van der Waals surface area contributed by atoms with Crippen LogP contribution in [0.3, 0.4) is 0 Å². The van der Waals surface area contributed by atoms with E-state index >= 15 is 0 Å². The number of aromatic nitrogens is 7. The molecular formula is C19H14N10O2. The molecule has 5 aromatic rings. The van der Waals surface area contributed by atoms with E-state index < -0.39 is 5.91 Å². The second-order valence-electron chi connectivity index (χ2n) is 6.38. The minimum Gasteiger partial charge on any atom is -0.378 e. The number of nitrogens with zero attached hydrogens (tertiary/aromatic N) is 7. The fourth-order valence-corrected chi connectivity index (χ4v) is 3.01. The molecule has 3 heterocycles. The number of amides is 1. The zero-order valence-corrected chi connectivity index (χ0v) is 15.8. The first-order valence-corrected chi connectivity index (χ1v) is 9.08. The van der Waals surface area contributed by atoms with E-state index in [0.717, 1.165) is 11.0 Å². The third-order valence-electron chi connectivity index (χ3n) is 4.39. The number of H-pyrrole nitrogens is 1. The Morgan fingerprint density at radius 1 is 1.13 bits per heavy atom. The number of aromatic amines is 1. The number of anilines is 1. The van der Waals surface area contributed by atoms with Crippen LogP contribution in [0.15, 0.2) is 64.3 Å². The van der Waals surface area contributed by atoms with E-state index in [1.165, 1.54) is 10.9 Å². The van der Waals surface area contributed by atoms with Gasteiger partial charge in [-0.05, 0) is 22.4 Å². The lowest BCUT2D eigenvalue weighted by Gasteiger charge is -2.05. The van der Waals surface area contributed by atoms with Gasteiger partial charge in [0.2, 0.25) is 11.6 Å². The number of benzene rings is 2. The Morgan fingerprint density at radius 2 is 1.94 bits per heavy atom. The Labute approximate surface area is 173 Å². The Kier molecular flexibility index (Phi) is 4.41. The maximum absolute atomic E-state index is 12.8. The first-order chi connectivity index (χ1) is 15.2. The number of carbonyl (C=O) groups is 1. The summed E-state index contributed by atoms with van der Waals surface area (Å²) in [7, 11) is 0. The van der Waals surface area contributed by atoms with Gasteiger partial charge in [0.25, 0.3) is 5.91 Å². The number of nitrogens with two attached hydrogens (primary N) is 1. The lowest BCUT2D eigenvalue weighted by Crippen LogP contribution is -2.19. The van der Waals surface area contributed by atoms with Crippen molar-refractivity contribution < 1.29 is 9.42 Å². The van der Waals surface area contributed by atoms with Crippen LogP contribution in [0.25, 0.3) is 28.1 Å². The highest BCUT2D eigenvalue weighted by Crippen LogP contribution is 2.26. The van der Waals surface area contributed by atoms with Crippen LogP contribution in [-0.2, 0) is 0 Å². The van der Waals surface area contributed by atoms with E-state index in [1.54, 1.807) is 12.1 Å². The van der Waals surface area contributed by atoms with Gasteiger partial charge in [-0.2, -0.15) is 9.78 Å². The molecule has 31 heavy (non-hydrogen) atoms. The number of hydrogen-bond acceptors (Lipinski definition) is 9. The summed E-state index contributed by atoms with van der Waals surface area (Å²) in [6, 6.07) is 16.6. The highest BCUT2D eigenvalue weighted by Gasteiger charge is 2.24. The van der Waals surface area contributed by atoms with Gasteiger partial charge in [0.1, 0.15) is 5.69 Å². The molecule has 0 fully saturated rings. The summed E-state index contributed by atoms with van der Waals surface area (Å²) in [6.07, 6.45) is 1.41. The SMILES string of the molecule is Nc1nonc1-n1nnc(C(=O)N/N=C/c2nc3ccccc3[nH]2)c1-c1ccccc1. The molecule has 3 aromatic heterocycles. The van der Waals surface area contributed by atoms with Crippen LogP contribution in [0.2, 0.25) is 0 Å². The number of imidazole rings is 1. The molecule has 0 aliphatic rings. The maximum Gasteiger partial charge on any atom is 0.294 e. The van der Waals surface area contributed by atoms with Crippen molar-refractivity contribution in [3.8, 4) is 17.1 Å². The molecule has 12 heteroatoms. The van der Waals surface area contributed by atoms with Gasteiger partial charge in [-0.25, -0.2) is 15.0 Å². The van der Waals surface area contributed by atoms with Crippen LogP contribution in [-0.4, -0.2) is 47.4 Å². The predicted molar refractivity (Wildman–Crippen MR) is 110 cm³/mol. The van der Waals surface area contributed by atoms with E-state index in [9.17, 15) is 4.79 Å². The number of hydrazone groups is 1. The predicted octanol–water partition coefficient (Wildman–Crippen LogP) is 1.54. The molecule has 0 unspecified atom stereocenters. The van der Waals surface area contributed by atoms with Crippen LogP contribution in [0.5, 0.6) is 0 Å². The number of carbonyl (C=O) groups excluding carboxylic acids is 1. The van der Waals surface area contributed by atoms with E-state index in [1.807, 2.05) is 42.5 Å². The molecule has 0 atom stereocenters. The van der Waals surface area contributed by atoms with Gasteiger partial charge in [-0.3, -0.25) is 4.79 Å². The van der Waals surface area contributed by atoms with E-state index in [4.69, 9.17) is 5.73 Å². The summed E-state index contributed by atoms with van der Waals surface area (Å²) in [5.74, 6) is 0.0514. The van der Waals surface area contributed by atoms with Gasteiger partial charge in [0, 0.05) is 5.56 Å². The first kappa shape index (κ1) is 18.2. The van der Waals surface area contributed by atoms with Gasteiger partial charge in [-0.1, -0.05) is 47.7 Å². The quantitative estimate of drug-likeness (QED) is 0.288. The smallest absolute Gasteiger partial charge is 0.294 e. The van der Waals surface area contributed by atoms with Crippen molar-refractivity contribution in [1.82, 2.24) is 40.7 Å². The fraction of sp³-hybridized carbons (Fsp3) is 0. The number of hydrogen-bond donors (Lipinski definition) is 3. The summed E-state index contributed by atoms with van der Waals surface area (Å²) in [4.78, 5) is 20.3. The maximum atomic E-state index is 12.8. The highest BCUT2D eigenvalue weighted by molar-refractivity contribution is 5.98. The zero-order chi connectivity index (χ0) is 21.2. The minimum absolute atomic E-state index is 0.0111. The van der Waals surface area contributed by atoms with Crippen LogP contribution >= 0.6 is 0 Å². The van der Waals surface area contributed by atoms with E-state index in [0.29, 0.717) is 17.1 Å². The molecule has 0 aliphatic carbocycles. The molecule has 0 saturated carbocycles. The Hall–Kier alpha value is -4.87. The van der Waals surface area contributed by atoms with Crippen molar-refractivity contribution in [3.63, 3.8) is 0 Å². The van der Waals surface area contributed by atoms with Gasteiger partial charge in [0.05, 0.1) is 17.2 Å². The monoisotopic (exact) mass is 414 g/mol. The van der Waals surface area contributed by atoms with Gasteiger partial charge in [-0.15, -0.1) is 5.10 Å². The highest BCUT2D eigenvalue weighted by atomic mass is 16.6. The normalized spacial score (nSPS) is 11.4. The molecule has 0 aliphatic heterocycles. The van der Waals surface area contributed by atoms with Crippen molar-refractivity contribution in [2.24, 2.45) is 5.10 Å². The topological polar surface area (TPSA) is 166 Å². The molecular weight excluding hydrogens is 400 g/mol. The number of para-hydroxylation sites is 2. The van der Waals surface area contributed by atoms with Gasteiger partial charge in [0.15, 0.2) is 11.5 Å². The number of fused-ring (bicyclic) bond motifs is 1. The lowest BCUT2D eigenvalue weighted by molar-refractivity contribution is 0.0950. The molecule has 2 aromatic carbocycles. The minimum atomic E-state index is -0.576.